The molecule has 0 aliphatic carbocycles. The van der Waals surface area contributed by atoms with Crippen LogP contribution in [-0.4, -0.2) is 22.7 Å². The Bertz CT molecular complexity index is 456. The van der Waals surface area contributed by atoms with E-state index in [2.05, 4.69) is 0 Å². The summed E-state index contributed by atoms with van der Waals surface area (Å²) in [6.45, 7) is 0. The summed E-state index contributed by atoms with van der Waals surface area (Å²) in [7, 11) is 0. The van der Waals surface area contributed by atoms with Crippen molar-refractivity contribution in [3.63, 3.8) is 0 Å². The van der Waals surface area contributed by atoms with Gasteiger partial charge < -0.3 is 5.73 Å². The lowest BCUT2D eigenvalue weighted by atomic mass is 10.2. The summed E-state index contributed by atoms with van der Waals surface area (Å²) in [6, 6.07) is 5.69. The Balaban J connectivity index is 2.87. The van der Waals surface area contributed by atoms with Crippen molar-refractivity contribution < 1.29 is 14.4 Å². The maximum Gasteiger partial charge on any atom is 0.334 e. The zero-order chi connectivity index (χ0) is 13.0. The monoisotopic (exact) mass is 237 g/mol. The van der Waals surface area contributed by atoms with Crippen LogP contribution in [0.5, 0.6) is 0 Å². The second-order valence-corrected chi connectivity index (χ2v) is 3.08. The van der Waals surface area contributed by atoms with E-state index in [1.165, 1.54) is 24.3 Å². The molecular formula is C9H11N5O3. The first-order valence-electron chi connectivity index (χ1n) is 4.47. The Morgan fingerprint density at radius 3 is 2.12 bits per heavy atom. The van der Waals surface area contributed by atoms with E-state index in [4.69, 9.17) is 17.4 Å². The topological polar surface area (TPSA) is 145 Å². The first-order chi connectivity index (χ1) is 7.97. The van der Waals surface area contributed by atoms with Crippen molar-refractivity contribution in [3.8, 4) is 0 Å². The van der Waals surface area contributed by atoms with Crippen LogP contribution in [0.4, 0.5) is 5.69 Å². The van der Waals surface area contributed by atoms with Crippen LogP contribution in [0.25, 0.3) is 0 Å². The molecule has 0 saturated carbocycles. The van der Waals surface area contributed by atoms with Gasteiger partial charge >= 0.3 is 11.8 Å². The number of hydrogen-bond donors (Lipinski definition) is 4. The summed E-state index contributed by atoms with van der Waals surface area (Å²) < 4.78 is 0. The molecule has 8 heteroatoms. The minimum absolute atomic E-state index is 0.125. The maximum absolute atomic E-state index is 11.6. The molecule has 0 radical (unpaired) electrons. The van der Waals surface area contributed by atoms with Crippen molar-refractivity contribution in [3.05, 3.63) is 29.8 Å². The summed E-state index contributed by atoms with van der Waals surface area (Å²) in [5, 5.41) is 0.174. The van der Waals surface area contributed by atoms with Gasteiger partial charge in [0.2, 0.25) is 0 Å². The second-order valence-electron chi connectivity index (χ2n) is 3.08. The van der Waals surface area contributed by atoms with Gasteiger partial charge in [0.1, 0.15) is 0 Å². The van der Waals surface area contributed by atoms with E-state index in [1.807, 2.05) is 0 Å². The van der Waals surface area contributed by atoms with Crippen LogP contribution in [-0.2, 0) is 9.59 Å². The third-order valence-electron chi connectivity index (χ3n) is 1.92. The third-order valence-corrected chi connectivity index (χ3v) is 1.92. The lowest BCUT2D eigenvalue weighted by Gasteiger charge is -2.13. The molecular weight excluding hydrogens is 226 g/mol. The number of carbonyl (C=O) groups excluding carboxylic acids is 3. The molecule has 0 aromatic heterocycles. The predicted octanol–water partition coefficient (Wildman–Crippen LogP) is -1.90. The first kappa shape index (κ1) is 12.6. The fraction of sp³-hybridized carbons (Fsp3) is 0. The largest absolute Gasteiger partial charge is 0.399 e. The minimum Gasteiger partial charge on any atom is -0.399 e. The lowest BCUT2D eigenvalue weighted by Crippen LogP contribution is -2.51. The Morgan fingerprint density at radius 1 is 1.12 bits per heavy atom. The average molecular weight is 237 g/mol. The number of anilines is 1. The van der Waals surface area contributed by atoms with E-state index < -0.39 is 17.7 Å². The van der Waals surface area contributed by atoms with E-state index in [0.29, 0.717) is 5.69 Å². The zero-order valence-electron chi connectivity index (χ0n) is 8.71. The highest BCUT2D eigenvalue weighted by Crippen LogP contribution is 2.07. The normalized spacial score (nSPS) is 9.53. The SMILES string of the molecule is NNC(=O)C(=O)N(N)C(=O)c1ccc(N)cc1. The summed E-state index contributed by atoms with van der Waals surface area (Å²) in [6.07, 6.45) is 0. The maximum atomic E-state index is 11.6. The van der Waals surface area contributed by atoms with Crippen LogP contribution in [0, 0.1) is 0 Å². The molecule has 1 rings (SSSR count). The molecule has 0 spiro atoms. The van der Waals surface area contributed by atoms with Gasteiger partial charge in [0.15, 0.2) is 0 Å². The van der Waals surface area contributed by atoms with E-state index in [1.54, 1.807) is 5.43 Å². The Labute approximate surface area is 96.3 Å². The number of carbonyl (C=O) groups is 3. The van der Waals surface area contributed by atoms with E-state index in [0.717, 1.165) is 0 Å². The smallest absolute Gasteiger partial charge is 0.334 e. The van der Waals surface area contributed by atoms with Crippen molar-refractivity contribution >= 4 is 23.4 Å². The summed E-state index contributed by atoms with van der Waals surface area (Å²) in [5.41, 5.74) is 7.59. The van der Waals surface area contributed by atoms with E-state index in [9.17, 15) is 14.4 Å². The fourth-order valence-electron chi connectivity index (χ4n) is 1.03. The molecule has 0 saturated heterocycles. The van der Waals surface area contributed by atoms with Gasteiger partial charge in [-0.2, -0.15) is 0 Å². The summed E-state index contributed by atoms with van der Waals surface area (Å²) in [4.78, 5) is 33.7. The molecule has 0 bridgehead atoms. The molecule has 90 valence electrons. The van der Waals surface area contributed by atoms with Crippen LogP contribution < -0.4 is 22.8 Å². The quantitative estimate of drug-likeness (QED) is 0.148. The van der Waals surface area contributed by atoms with Gasteiger partial charge in [-0.3, -0.25) is 19.8 Å². The van der Waals surface area contributed by atoms with Gasteiger partial charge in [-0.15, -0.1) is 0 Å². The van der Waals surface area contributed by atoms with Crippen LogP contribution in [0.2, 0.25) is 0 Å². The highest BCUT2D eigenvalue weighted by atomic mass is 16.2. The highest BCUT2D eigenvalue weighted by molar-refractivity contribution is 6.38. The third kappa shape index (κ3) is 2.77. The Kier molecular flexibility index (Phi) is 3.75. The molecule has 7 N–H and O–H groups in total. The number of nitrogens with zero attached hydrogens (tertiary/aromatic N) is 1. The second kappa shape index (κ2) is 5.05. The fourth-order valence-corrected chi connectivity index (χ4v) is 1.03. The van der Waals surface area contributed by atoms with Gasteiger partial charge in [0.05, 0.1) is 0 Å². The number of nitrogens with two attached hydrogens (primary N) is 3. The summed E-state index contributed by atoms with van der Waals surface area (Å²) >= 11 is 0. The van der Waals surface area contributed by atoms with Crippen molar-refractivity contribution in [2.24, 2.45) is 11.7 Å². The Morgan fingerprint density at radius 2 is 1.65 bits per heavy atom. The van der Waals surface area contributed by atoms with E-state index in [-0.39, 0.29) is 10.6 Å². The molecule has 0 fully saturated rings. The number of nitrogen functional groups attached to an aromatic ring is 1. The molecule has 0 aliphatic heterocycles. The van der Waals surface area contributed by atoms with Gasteiger partial charge in [-0.1, -0.05) is 0 Å². The lowest BCUT2D eigenvalue weighted by molar-refractivity contribution is -0.144. The van der Waals surface area contributed by atoms with Gasteiger partial charge in [0, 0.05) is 11.3 Å². The molecule has 8 nitrogen and oxygen atoms in total. The standard InChI is InChI=1S/C9H11N5O3/c10-6-3-1-5(2-4-6)8(16)14(12)9(17)7(15)13-11/h1-4H,10-12H2,(H,13,15). The number of rotatable bonds is 1. The molecule has 0 atom stereocenters. The van der Waals surface area contributed by atoms with Crippen LogP contribution in [0.1, 0.15) is 10.4 Å². The predicted molar refractivity (Wildman–Crippen MR) is 58.5 cm³/mol. The van der Waals surface area contributed by atoms with Crippen molar-refractivity contribution in [1.82, 2.24) is 10.4 Å². The number of benzene rings is 1. The van der Waals surface area contributed by atoms with Crippen molar-refractivity contribution in [1.29, 1.82) is 0 Å². The Hall–Kier alpha value is -2.45. The number of amides is 3. The van der Waals surface area contributed by atoms with Crippen LogP contribution in [0.15, 0.2) is 24.3 Å². The molecule has 1 aromatic carbocycles. The van der Waals surface area contributed by atoms with Crippen molar-refractivity contribution in [2.45, 2.75) is 0 Å². The molecule has 0 heterocycles. The molecule has 0 unspecified atom stereocenters. The van der Waals surface area contributed by atoms with Gasteiger partial charge in [-0.05, 0) is 24.3 Å². The van der Waals surface area contributed by atoms with Crippen molar-refractivity contribution in [2.75, 3.05) is 5.73 Å². The van der Waals surface area contributed by atoms with Crippen LogP contribution in [0.3, 0.4) is 0 Å². The molecule has 1 aromatic rings. The van der Waals surface area contributed by atoms with Gasteiger partial charge in [-0.25, -0.2) is 16.7 Å². The summed E-state index contributed by atoms with van der Waals surface area (Å²) in [5.74, 6) is 6.66. The minimum atomic E-state index is -1.26. The number of hydrogen-bond acceptors (Lipinski definition) is 6. The van der Waals surface area contributed by atoms with Crippen LogP contribution >= 0.6 is 0 Å². The van der Waals surface area contributed by atoms with E-state index >= 15 is 0 Å². The molecule has 17 heavy (non-hydrogen) atoms. The first-order valence-corrected chi connectivity index (χ1v) is 4.47. The molecule has 0 aliphatic rings. The van der Waals surface area contributed by atoms with Gasteiger partial charge in [0.25, 0.3) is 5.91 Å². The molecule has 3 amide bonds. The highest BCUT2D eigenvalue weighted by Gasteiger charge is 2.24. The number of hydrazine groups is 2. The number of nitrogens with one attached hydrogen (secondary N) is 1. The average Bonchev–Trinajstić information content (AvgIpc) is 2.36. The zero-order valence-corrected chi connectivity index (χ0v) is 8.71. The number of imide groups is 1.